The highest BCUT2D eigenvalue weighted by Gasteiger charge is 2.21. The van der Waals surface area contributed by atoms with E-state index < -0.39 is 17.0 Å². The number of guanidine groups is 2. The Hall–Kier alpha value is -1.86. The quantitative estimate of drug-likeness (QED) is 0.150. The highest BCUT2D eigenvalue weighted by Crippen LogP contribution is 1.82. The molecular weight excluding hydrogens is 140 g/mol. The van der Waals surface area contributed by atoms with Gasteiger partial charge in [-0.2, -0.15) is 0 Å². The van der Waals surface area contributed by atoms with E-state index in [1.165, 1.54) is 0 Å². The molecule has 0 aromatic rings. The van der Waals surface area contributed by atoms with Gasteiger partial charge in [0, 0.05) is 5.01 Å². The molecule has 6 N–H and O–H groups in total. The summed E-state index contributed by atoms with van der Waals surface area (Å²) in [4.78, 5) is 9.87. The largest absolute Gasteiger partial charge is 0.365 e. The number of hydrogen-bond acceptors (Lipinski definition) is 4. The number of nitrogens with two attached hydrogens (primary N) is 2. The molecule has 8 heteroatoms. The molecule has 0 aromatic heterocycles. The average Bonchev–Trinajstić information content (AvgIpc) is 1.59. The molecule has 10 heavy (non-hydrogen) atoms. The zero-order valence-electron chi connectivity index (χ0n) is 4.87. The molecule has 0 aliphatic heterocycles. The van der Waals surface area contributed by atoms with E-state index in [1.807, 2.05) is 0 Å². The van der Waals surface area contributed by atoms with Crippen LogP contribution in [0, 0.1) is 20.9 Å². The van der Waals surface area contributed by atoms with Gasteiger partial charge in [0.1, 0.15) is 0 Å². The molecule has 0 heterocycles. The van der Waals surface area contributed by atoms with Crippen molar-refractivity contribution in [1.82, 2.24) is 5.01 Å². The van der Waals surface area contributed by atoms with Crippen LogP contribution in [0.15, 0.2) is 0 Å². The normalized spacial score (nSPS) is 8.40. The van der Waals surface area contributed by atoms with Crippen LogP contribution in [0.4, 0.5) is 0 Å². The van der Waals surface area contributed by atoms with Crippen LogP contribution in [0.5, 0.6) is 0 Å². The smallest absolute Gasteiger partial charge is 0.262 e. The predicted molar refractivity (Wildman–Crippen MR) is 32.7 cm³/mol. The molecule has 56 valence electrons. The lowest BCUT2D eigenvalue weighted by molar-refractivity contribution is -0.605. The number of nitro groups is 1. The molecule has 0 saturated carbocycles. The van der Waals surface area contributed by atoms with Crippen LogP contribution in [0.3, 0.4) is 0 Å². The fourth-order valence-corrected chi connectivity index (χ4v) is 0.306. The molecule has 0 amide bonds. The lowest BCUT2D eigenvalue weighted by Gasteiger charge is -2.06. The summed E-state index contributed by atoms with van der Waals surface area (Å²) >= 11 is 0. The minimum Gasteiger partial charge on any atom is -0.365 e. The van der Waals surface area contributed by atoms with Gasteiger partial charge in [0.15, 0.2) is 5.03 Å². The Morgan fingerprint density at radius 3 is 1.70 bits per heavy atom. The molecule has 0 rings (SSSR count). The number of nitrogens with one attached hydrogen (secondary N) is 2. The summed E-state index contributed by atoms with van der Waals surface area (Å²) in [5.41, 5.74) is 9.37. The standard InChI is InChI=1S/C2H6N6O2/c3-1(4)7(2(5)6)8(9)10/h(H3,3,4)(H3,5,6). The molecule has 0 spiro atoms. The summed E-state index contributed by atoms with van der Waals surface area (Å²) in [7, 11) is 0. The molecule has 0 aromatic carbocycles. The van der Waals surface area contributed by atoms with Crippen LogP contribution in [0.25, 0.3) is 0 Å². The number of nitrogens with zero attached hydrogens (tertiary/aromatic N) is 2. The second-order valence-corrected chi connectivity index (χ2v) is 1.32. The van der Waals surface area contributed by atoms with E-state index in [0.717, 1.165) is 0 Å². The van der Waals surface area contributed by atoms with E-state index in [0.29, 0.717) is 0 Å². The fourth-order valence-electron chi connectivity index (χ4n) is 0.306. The number of hydrogen-bond donors (Lipinski definition) is 4. The third kappa shape index (κ3) is 1.58. The molecule has 0 saturated heterocycles. The van der Waals surface area contributed by atoms with Gasteiger partial charge in [-0.15, -0.1) is 0 Å². The van der Waals surface area contributed by atoms with Gasteiger partial charge in [-0.25, -0.2) is 10.1 Å². The van der Waals surface area contributed by atoms with Crippen molar-refractivity contribution in [1.29, 1.82) is 10.8 Å². The van der Waals surface area contributed by atoms with Crippen LogP contribution < -0.4 is 11.5 Å². The van der Waals surface area contributed by atoms with Crippen LogP contribution in [-0.2, 0) is 0 Å². The van der Waals surface area contributed by atoms with Crippen molar-refractivity contribution in [2.45, 2.75) is 0 Å². The van der Waals surface area contributed by atoms with E-state index in [-0.39, 0.29) is 5.01 Å². The molecule has 0 fully saturated rings. The van der Waals surface area contributed by atoms with Crippen LogP contribution >= 0.6 is 0 Å². The molecule has 0 radical (unpaired) electrons. The maximum atomic E-state index is 9.87. The van der Waals surface area contributed by atoms with Crippen molar-refractivity contribution in [3.63, 3.8) is 0 Å². The molecule has 0 aliphatic rings. The summed E-state index contributed by atoms with van der Waals surface area (Å²) in [6.07, 6.45) is 0. The summed E-state index contributed by atoms with van der Waals surface area (Å²) in [6.45, 7) is 0. The maximum Gasteiger partial charge on any atom is 0.262 e. The minimum absolute atomic E-state index is 0.0556. The van der Waals surface area contributed by atoms with Crippen molar-refractivity contribution >= 4 is 11.9 Å². The molecule has 8 nitrogen and oxygen atoms in total. The highest BCUT2D eigenvalue weighted by molar-refractivity contribution is 5.92. The Labute approximate surface area is 55.5 Å². The van der Waals surface area contributed by atoms with E-state index in [4.69, 9.17) is 10.8 Å². The first-order valence-electron chi connectivity index (χ1n) is 2.09. The van der Waals surface area contributed by atoms with E-state index >= 15 is 0 Å². The number of hydrazine groups is 1. The van der Waals surface area contributed by atoms with E-state index in [1.54, 1.807) is 0 Å². The Balaban J connectivity index is 4.43. The monoisotopic (exact) mass is 146 g/mol. The van der Waals surface area contributed by atoms with Crippen LogP contribution in [0.1, 0.15) is 0 Å². The number of rotatable bonds is 1. The topological polar surface area (TPSA) is 146 Å². The second kappa shape index (κ2) is 2.62. The van der Waals surface area contributed by atoms with E-state index in [9.17, 15) is 10.1 Å². The molecule has 0 atom stereocenters. The van der Waals surface area contributed by atoms with Gasteiger partial charge in [-0.3, -0.25) is 10.8 Å². The Morgan fingerprint density at radius 1 is 1.40 bits per heavy atom. The van der Waals surface area contributed by atoms with Gasteiger partial charge < -0.3 is 11.5 Å². The third-order valence-corrected chi connectivity index (χ3v) is 0.620. The summed E-state index contributed by atoms with van der Waals surface area (Å²) < 4.78 is 0. The molecule has 0 unspecified atom stereocenters. The average molecular weight is 146 g/mol. The first-order chi connectivity index (χ1) is 4.46. The minimum atomic E-state index is -1.05. The molecule has 0 bridgehead atoms. The van der Waals surface area contributed by atoms with Gasteiger partial charge >= 0.3 is 0 Å². The van der Waals surface area contributed by atoms with Gasteiger partial charge in [-0.05, 0) is 0 Å². The first kappa shape index (κ1) is 8.14. The summed E-state index contributed by atoms with van der Waals surface area (Å²) in [5.74, 6) is -1.78. The van der Waals surface area contributed by atoms with Crippen molar-refractivity contribution < 1.29 is 5.03 Å². The van der Waals surface area contributed by atoms with Gasteiger partial charge in [-0.1, -0.05) is 0 Å². The molecule has 0 aliphatic carbocycles. The first-order valence-corrected chi connectivity index (χ1v) is 2.09. The van der Waals surface area contributed by atoms with Crippen molar-refractivity contribution in [2.24, 2.45) is 11.5 Å². The zero-order chi connectivity index (χ0) is 8.31. The van der Waals surface area contributed by atoms with Gasteiger partial charge in [0.2, 0.25) is 0 Å². The Bertz CT molecular complexity index is 153. The fraction of sp³-hybridized carbons (Fsp3) is 0. The van der Waals surface area contributed by atoms with E-state index in [2.05, 4.69) is 11.5 Å². The lowest BCUT2D eigenvalue weighted by Crippen LogP contribution is -2.48. The highest BCUT2D eigenvalue weighted by atomic mass is 16.7. The van der Waals surface area contributed by atoms with Gasteiger partial charge in [0.05, 0.1) is 0 Å². The SMILES string of the molecule is N=C(N)N(C(=N)N)[N+](=O)[O-]. The predicted octanol–water partition coefficient (Wildman–Crippen LogP) is -1.73. The Morgan fingerprint density at radius 2 is 1.70 bits per heavy atom. The summed E-state index contributed by atoms with van der Waals surface area (Å²) in [5, 5.41) is 21.9. The lowest BCUT2D eigenvalue weighted by atomic mass is 10.8. The van der Waals surface area contributed by atoms with Crippen molar-refractivity contribution in [3.05, 3.63) is 10.1 Å². The van der Waals surface area contributed by atoms with Crippen LogP contribution in [-0.4, -0.2) is 22.0 Å². The summed E-state index contributed by atoms with van der Waals surface area (Å²) in [6, 6.07) is 0. The maximum absolute atomic E-state index is 9.87. The third-order valence-electron chi connectivity index (χ3n) is 0.620. The van der Waals surface area contributed by atoms with Gasteiger partial charge in [0.25, 0.3) is 11.9 Å². The Kier molecular flexibility index (Phi) is 2.13. The van der Waals surface area contributed by atoms with Crippen molar-refractivity contribution in [2.75, 3.05) is 0 Å². The van der Waals surface area contributed by atoms with Crippen molar-refractivity contribution in [3.8, 4) is 0 Å². The van der Waals surface area contributed by atoms with Crippen LogP contribution in [0.2, 0.25) is 0 Å². The zero-order valence-corrected chi connectivity index (χ0v) is 4.87. The molecular formula is C2H6N6O2. The second-order valence-electron chi connectivity index (χ2n) is 1.32.